The van der Waals surface area contributed by atoms with Gasteiger partial charge in [0.25, 0.3) is 0 Å². The SMILES string of the molecule is CC(C)c1cc(-c2cccc(CCc3cc[nH]c(=O)c3)c2)c2ncccc2c1. The van der Waals surface area contributed by atoms with Crippen LogP contribution in [0, 0.1) is 0 Å². The van der Waals surface area contributed by atoms with Crippen LogP contribution in [0.1, 0.15) is 36.5 Å². The molecule has 0 aliphatic rings. The van der Waals surface area contributed by atoms with Gasteiger partial charge in [-0.3, -0.25) is 9.78 Å². The zero-order valence-corrected chi connectivity index (χ0v) is 16.3. The molecule has 0 amide bonds. The van der Waals surface area contributed by atoms with Gasteiger partial charge in [0.1, 0.15) is 0 Å². The van der Waals surface area contributed by atoms with Crippen molar-refractivity contribution in [2.45, 2.75) is 32.6 Å². The van der Waals surface area contributed by atoms with Crippen molar-refractivity contribution in [2.75, 3.05) is 0 Å². The summed E-state index contributed by atoms with van der Waals surface area (Å²) >= 11 is 0. The van der Waals surface area contributed by atoms with Gasteiger partial charge in [0.05, 0.1) is 5.52 Å². The lowest BCUT2D eigenvalue weighted by atomic mass is 9.93. The van der Waals surface area contributed by atoms with Crippen LogP contribution in [0.2, 0.25) is 0 Å². The Balaban J connectivity index is 1.70. The third-order valence-corrected chi connectivity index (χ3v) is 5.17. The van der Waals surface area contributed by atoms with Crippen molar-refractivity contribution in [3.63, 3.8) is 0 Å². The van der Waals surface area contributed by atoms with Crippen LogP contribution in [0.25, 0.3) is 22.0 Å². The van der Waals surface area contributed by atoms with E-state index in [9.17, 15) is 4.79 Å². The number of pyridine rings is 2. The summed E-state index contributed by atoms with van der Waals surface area (Å²) in [6, 6.07) is 21.0. The van der Waals surface area contributed by atoms with Gasteiger partial charge < -0.3 is 4.98 Å². The van der Waals surface area contributed by atoms with Crippen molar-refractivity contribution in [1.82, 2.24) is 9.97 Å². The quantitative estimate of drug-likeness (QED) is 0.506. The summed E-state index contributed by atoms with van der Waals surface area (Å²) in [7, 11) is 0. The van der Waals surface area contributed by atoms with Crippen molar-refractivity contribution < 1.29 is 0 Å². The first-order chi connectivity index (χ1) is 13.6. The van der Waals surface area contributed by atoms with Crippen LogP contribution >= 0.6 is 0 Å². The van der Waals surface area contributed by atoms with Crippen LogP contribution in [0.5, 0.6) is 0 Å². The monoisotopic (exact) mass is 368 g/mol. The van der Waals surface area contributed by atoms with Crippen LogP contribution in [0.4, 0.5) is 0 Å². The van der Waals surface area contributed by atoms with Gasteiger partial charge in [-0.2, -0.15) is 0 Å². The van der Waals surface area contributed by atoms with Crippen LogP contribution in [-0.4, -0.2) is 9.97 Å². The molecule has 3 nitrogen and oxygen atoms in total. The number of H-pyrrole nitrogens is 1. The molecule has 140 valence electrons. The summed E-state index contributed by atoms with van der Waals surface area (Å²) in [5.74, 6) is 0.461. The van der Waals surface area contributed by atoms with Gasteiger partial charge in [-0.05, 0) is 65.3 Å². The maximum absolute atomic E-state index is 11.5. The first-order valence-electron chi connectivity index (χ1n) is 9.76. The molecule has 0 bridgehead atoms. The van der Waals surface area contributed by atoms with Gasteiger partial charge >= 0.3 is 0 Å². The molecule has 0 radical (unpaired) electrons. The fourth-order valence-corrected chi connectivity index (χ4v) is 3.60. The number of aryl methyl sites for hydroxylation is 2. The van der Waals surface area contributed by atoms with E-state index in [1.54, 1.807) is 12.3 Å². The Kier molecular flexibility index (Phi) is 5.07. The molecule has 4 aromatic rings. The lowest BCUT2D eigenvalue weighted by molar-refractivity contribution is 0.869. The summed E-state index contributed by atoms with van der Waals surface area (Å²) in [4.78, 5) is 18.8. The van der Waals surface area contributed by atoms with E-state index in [0.29, 0.717) is 5.92 Å². The molecule has 0 fully saturated rings. The second-order valence-electron chi connectivity index (χ2n) is 7.56. The van der Waals surface area contributed by atoms with E-state index >= 15 is 0 Å². The number of benzene rings is 2. The normalized spacial score (nSPS) is 11.2. The van der Waals surface area contributed by atoms with Gasteiger partial charge in [-0.25, -0.2) is 0 Å². The van der Waals surface area contributed by atoms with E-state index in [4.69, 9.17) is 0 Å². The largest absolute Gasteiger partial charge is 0.329 e. The van der Waals surface area contributed by atoms with E-state index in [1.807, 2.05) is 18.3 Å². The van der Waals surface area contributed by atoms with Crippen molar-refractivity contribution in [2.24, 2.45) is 0 Å². The van der Waals surface area contributed by atoms with Crippen LogP contribution in [0.3, 0.4) is 0 Å². The summed E-state index contributed by atoms with van der Waals surface area (Å²) in [6.07, 6.45) is 5.31. The van der Waals surface area contributed by atoms with E-state index in [1.165, 1.54) is 27.6 Å². The minimum atomic E-state index is -0.0469. The Bertz CT molecular complexity index is 1170. The molecule has 0 aliphatic heterocycles. The highest BCUT2D eigenvalue weighted by atomic mass is 16.1. The molecule has 28 heavy (non-hydrogen) atoms. The van der Waals surface area contributed by atoms with Crippen molar-refractivity contribution in [3.05, 3.63) is 100 Å². The molecule has 3 heteroatoms. The second kappa shape index (κ2) is 7.81. The molecule has 2 aromatic heterocycles. The predicted octanol–water partition coefficient (Wildman–Crippen LogP) is 5.50. The van der Waals surface area contributed by atoms with E-state index in [-0.39, 0.29) is 5.56 Å². The highest BCUT2D eigenvalue weighted by molar-refractivity contribution is 5.94. The Morgan fingerprint density at radius 3 is 2.54 bits per heavy atom. The molecule has 0 aliphatic carbocycles. The Morgan fingerprint density at radius 1 is 0.929 bits per heavy atom. The van der Waals surface area contributed by atoms with E-state index in [0.717, 1.165) is 23.9 Å². The van der Waals surface area contributed by atoms with E-state index < -0.39 is 0 Å². The molecular weight excluding hydrogens is 344 g/mol. The first kappa shape index (κ1) is 18.2. The molecule has 2 heterocycles. The predicted molar refractivity (Wildman–Crippen MR) is 116 cm³/mol. The number of aromatic amines is 1. The summed E-state index contributed by atoms with van der Waals surface area (Å²) in [5.41, 5.74) is 7.01. The highest BCUT2D eigenvalue weighted by Gasteiger charge is 2.10. The number of fused-ring (bicyclic) bond motifs is 1. The average Bonchev–Trinajstić information content (AvgIpc) is 2.71. The standard InChI is InChI=1S/C25H24N2O/c1-17(2)22-15-21-7-4-11-27-25(21)23(16-22)20-6-3-5-18(13-20)8-9-19-10-12-26-24(28)14-19/h3-7,10-17H,8-9H2,1-2H3,(H,26,28). The maximum atomic E-state index is 11.5. The van der Waals surface area contributed by atoms with Gasteiger partial charge in [0, 0.05) is 29.4 Å². The topological polar surface area (TPSA) is 45.8 Å². The van der Waals surface area contributed by atoms with Crippen molar-refractivity contribution in [3.8, 4) is 11.1 Å². The second-order valence-corrected chi connectivity index (χ2v) is 7.56. The third-order valence-electron chi connectivity index (χ3n) is 5.17. The molecule has 4 rings (SSSR count). The molecule has 0 atom stereocenters. The molecular formula is C25H24N2O. The molecule has 1 N–H and O–H groups in total. The lowest BCUT2D eigenvalue weighted by Crippen LogP contribution is -2.04. The fourth-order valence-electron chi connectivity index (χ4n) is 3.60. The number of hydrogen-bond acceptors (Lipinski definition) is 2. The van der Waals surface area contributed by atoms with Crippen LogP contribution in [-0.2, 0) is 12.8 Å². The first-order valence-corrected chi connectivity index (χ1v) is 9.76. The molecule has 0 spiro atoms. The molecule has 2 aromatic carbocycles. The summed E-state index contributed by atoms with van der Waals surface area (Å²) in [5, 5.41) is 1.18. The molecule has 0 unspecified atom stereocenters. The smallest absolute Gasteiger partial charge is 0.248 e. The molecule has 0 saturated heterocycles. The lowest BCUT2D eigenvalue weighted by Gasteiger charge is -2.13. The number of hydrogen-bond donors (Lipinski definition) is 1. The van der Waals surface area contributed by atoms with Crippen molar-refractivity contribution in [1.29, 1.82) is 0 Å². The highest BCUT2D eigenvalue weighted by Crippen LogP contribution is 2.32. The number of nitrogens with one attached hydrogen (secondary N) is 1. The van der Waals surface area contributed by atoms with Crippen LogP contribution < -0.4 is 5.56 Å². The maximum Gasteiger partial charge on any atom is 0.248 e. The summed E-state index contributed by atoms with van der Waals surface area (Å²) in [6.45, 7) is 4.44. The van der Waals surface area contributed by atoms with Gasteiger partial charge in [0.15, 0.2) is 0 Å². The number of rotatable bonds is 5. The minimum absolute atomic E-state index is 0.0469. The van der Waals surface area contributed by atoms with Gasteiger partial charge in [0.2, 0.25) is 5.56 Å². The zero-order valence-electron chi connectivity index (χ0n) is 16.3. The average molecular weight is 368 g/mol. The van der Waals surface area contributed by atoms with Crippen molar-refractivity contribution >= 4 is 10.9 Å². The number of nitrogens with zero attached hydrogens (tertiary/aromatic N) is 1. The Labute approximate surface area is 165 Å². The third kappa shape index (κ3) is 3.89. The Morgan fingerprint density at radius 2 is 1.75 bits per heavy atom. The fraction of sp³-hybridized carbons (Fsp3) is 0.200. The minimum Gasteiger partial charge on any atom is -0.329 e. The van der Waals surface area contributed by atoms with Gasteiger partial charge in [-0.15, -0.1) is 0 Å². The van der Waals surface area contributed by atoms with Crippen LogP contribution in [0.15, 0.2) is 77.9 Å². The molecule has 0 saturated carbocycles. The Hall–Kier alpha value is -3.20. The van der Waals surface area contributed by atoms with Gasteiger partial charge in [-0.1, -0.05) is 44.2 Å². The zero-order chi connectivity index (χ0) is 19.5. The van der Waals surface area contributed by atoms with E-state index in [2.05, 4.69) is 66.3 Å². The summed E-state index contributed by atoms with van der Waals surface area (Å²) < 4.78 is 0. The number of aromatic nitrogens is 2.